The van der Waals surface area contributed by atoms with Gasteiger partial charge in [-0.1, -0.05) is 13.8 Å². The van der Waals surface area contributed by atoms with E-state index >= 15 is 0 Å². The van der Waals surface area contributed by atoms with Crippen LogP contribution in [0.3, 0.4) is 0 Å². The van der Waals surface area contributed by atoms with Gasteiger partial charge in [-0.05, 0) is 24.1 Å². The van der Waals surface area contributed by atoms with Gasteiger partial charge in [0.15, 0.2) is 5.75 Å². The zero-order chi connectivity index (χ0) is 22.7. The molecule has 0 bridgehead atoms. The Morgan fingerprint density at radius 3 is 2.07 bits per heavy atom. The Balaban J connectivity index is 2.18. The number of ether oxygens (including phenoxy) is 1. The molecule has 0 atom stereocenters. The quantitative estimate of drug-likeness (QED) is 0.661. The maximum Gasteiger partial charge on any atom is 0.416 e. The first-order chi connectivity index (χ1) is 13.8. The van der Waals surface area contributed by atoms with E-state index in [9.17, 15) is 35.9 Å². The molecule has 1 aromatic carbocycles. The molecule has 30 heavy (non-hydrogen) atoms. The van der Waals surface area contributed by atoms with Gasteiger partial charge in [0.05, 0.1) is 24.3 Å². The molecule has 5 nitrogen and oxygen atoms in total. The van der Waals surface area contributed by atoms with Gasteiger partial charge in [0.1, 0.15) is 0 Å². The fourth-order valence-electron chi connectivity index (χ4n) is 2.34. The van der Waals surface area contributed by atoms with Crippen LogP contribution >= 0.6 is 0 Å². The van der Waals surface area contributed by atoms with Gasteiger partial charge in [-0.2, -0.15) is 26.3 Å². The minimum atomic E-state index is -5.06. The fraction of sp³-hybridized carbons (Fsp3) is 0.368. The van der Waals surface area contributed by atoms with Crippen molar-refractivity contribution in [1.82, 2.24) is 10.3 Å². The third-order valence-corrected chi connectivity index (χ3v) is 3.80. The third-order valence-electron chi connectivity index (χ3n) is 3.80. The van der Waals surface area contributed by atoms with E-state index in [4.69, 9.17) is 4.74 Å². The largest absolute Gasteiger partial charge is 0.488 e. The maximum atomic E-state index is 12.9. The normalized spacial score (nSPS) is 12.2. The Bertz CT molecular complexity index is 932. The lowest BCUT2D eigenvalue weighted by Gasteiger charge is -2.14. The molecule has 1 amide bonds. The second-order valence-corrected chi connectivity index (χ2v) is 6.87. The summed E-state index contributed by atoms with van der Waals surface area (Å²) in [5, 5.41) is 2.18. The first-order valence-corrected chi connectivity index (χ1v) is 8.69. The molecule has 0 fully saturated rings. The molecule has 164 valence electrons. The van der Waals surface area contributed by atoms with E-state index in [1.807, 2.05) is 13.8 Å². The summed E-state index contributed by atoms with van der Waals surface area (Å²) < 4.78 is 82.7. The van der Waals surface area contributed by atoms with Crippen molar-refractivity contribution < 1.29 is 35.9 Å². The summed E-state index contributed by atoms with van der Waals surface area (Å²) in [6.45, 7) is 3.75. The van der Waals surface area contributed by atoms with Crippen LogP contribution in [0.5, 0.6) is 5.75 Å². The van der Waals surface area contributed by atoms with E-state index in [0.29, 0.717) is 18.7 Å². The topological polar surface area (TPSA) is 71.2 Å². The number of hydrogen-bond acceptors (Lipinski definition) is 3. The first-order valence-electron chi connectivity index (χ1n) is 8.69. The number of carbonyl (C=O) groups excluding carboxylic acids is 1. The molecular weight excluding hydrogens is 418 g/mol. The number of nitrogens with one attached hydrogen (secondary N) is 2. The molecule has 0 saturated carbocycles. The molecule has 0 aliphatic carbocycles. The van der Waals surface area contributed by atoms with Crippen molar-refractivity contribution in [3.8, 4) is 5.75 Å². The predicted octanol–water partition coefficient (Wildman–Crippen LogP) is 4.38. The zero-order valence-electron chi connectivity index (χ0n) is 15.9. The fourth-order valence-corrected chi connectivity index (χ4v) is 2.34. The summed E-state index contributed by atoms with van der Waals surface area (Å²) in [6.07, 6.45) is -8.86. The molecule has 0 unspecified atom stereocenters. The number of benzene rings is 1. The highest BCUT2D eigenvalue weighted by molar-refractivity contribution is 5.94. The van der Waals surface area contributed by atoms with Crippen LogP contribution < -0.4 is 15.5 Å². The van der Waals surface area contributed by atoms with E-state index < -0.39 is 40.4 Å². The van der Waals surface area contributed by atoms with Crippen LogP contribution in [0, 0.1) is 5.92 Å². The number of aromatic amines is 1. The van der Waals surface area contributed by atoms with Gasteiger partial charge in [-0.25, -0.2) is 0 Å². The van der Waals surface area contributed by atoms with Crippen molar-refractivity contribution >= 4 is 5.91 Å². The molecule has 0 radical (unpaired) electrons. The molecule has 11 heteroatoms. The zero-order valence-corrected chi connectivity index (χ0v) is 15.9. The van der Waals surface area contributed by atoms with Gasteiger partial charge in [0.2, 0.25) is 5.43 Å². The number of H-pyrrole nitrogens is 1. The summed E-state index contributed by atoms with van der Waals surface area (Å²) in [4.78, 5) is 26.8. The molecule has 0 spiro atoms. The lowest BCUT2D eigenvalue weighted by Crippen LogP contribution is -2.25. The molecular formula is C19H18F6N2O3. The highest BCUT2D eigenvalue weighted by Gasteiger charge is 2.37. The van der Waals surface area contributed by atoms with Gasteiger partial charge < -0.3 is 15.0 Å². The molecule has 2 rings (SSSR count). The van der Waals surface area contributed by atoms with Gasteiger partial charge in [0, 0.05) is 23.5 Å². The van der Waals surface area contributed by atoms with Crippen LogP contribution in [-0.4, -0.2) is 17.5 Å². The smallest absolute Gasteiger partial charge is 0.416 e. The van der Waals surface area contributed by atoms with Crippen LogP contribution in [0.15, 0.2) is 35.3 Å². The maximum absolute atomic E-state index is 12.9. The number of amides is 1. The van der Waals surface area contributed by atoms with Gasteiger partial charge in [-0.3, -0.25) is 9.59 Å². The number of rotatable bonds is 6. The van der Waals surface area contributed by atoms with Gasteiger partial charge in [0.25, 0.3) is 5.91 Å². The van der Waals surface area contributed by atoms with Crippen LogP contribution in [0.2, 0.25) is 0 Å². The highest BCUT2D eigenvalue weighted by Crippen LogP contribution is 2.36. The van der Waals surface area contributed by atoms with Crippen molar-refractivity contribution in [2.75, 3.05) is 6.61 Å². The van der Waals surface area contributed by atoms with Crippen LogP contribution in [0.1, 0.15) is 41.0 Å². The molecule has 0 aliphatic rings. The monoisotopic (exact) mass is 436 g/mol. The number of pyridine rings is 1. The molecule has 0 aliphatic heterocycles. The Morgan fingerprint density at radius 2 is 1.60 bits per heavy atom. The van der Waals surface area contributed by atoms with Crippen LogP contribution in [-0.2, 0) is 18.9 Å². The summed E-state index contributed by atoms with van der Waals surface area (Å²) >= 11 is 0. The predicted molar refractivity (Wildman–Crippen MR) is 95.0 cm³/mol. The van der Waals surface area contributed by atoms with E-state index in [-0.39, 0.29) is 30.0 Å². The lowest BCUT2D eigenvalue weighted by atomic mass is 10.0. The summed E-state index contributed by atoms with van der Waals surface area (Å²) in [6, 6.07) is 1.71. The second kappa shape index (κ2) is 8.80. The number of halogens is 6. The minimum absolute atomic E-state index is 0.0477. The molecule has 1 heterocycles. The number of aromatic nitrogens is 1. The van der Waals surface area contributed by atoms with Crippen molar-refractivity contribution in [3.05, 3.63) is 63.1 Å². The number of hydrogen-bond donors (Lipinski definition) is 2. The Hall–Kier alpha value is -2.98. The van der Waals surface area contributed by atoms with Gasteiger partial charge >= 0.3 is 12.4 Å². The summed E-state index contributed by atoms with van der Waals surface area (Å²) in [7, 11) is 0. The molecule has 0 saturated heterocycles. The Morgan fingerprint density at radius 1 is 1.03 bits per heavy atom. The molecule has 1 aromatic heterocycles. The first kappa shape index (κ1) is 23.3. The third kappa shape index (κ3) is 6.26. The van der Waals surface area contributed by atoms with E-state index in [2.05, 4.69) is 10.3 Å². The van der Waals surface area contributed by atoms with E-state index in [1.54, 1.807) is 0 Å². The average Bonchev–Trinajstić information content (AvgIpc) is 2.63. The number of alkyl halides is 6. The lowest BCUT2D eigenvalue weighted by molar-refractivity contribution is -0.143. The van der Waals surface area contributed by atoms with Crippen LogP contribution in [0.25, 0.3) is 0 Å². The van der Waals surface area contributed by atoms with Gasteiger partial charge in [-0.15, -0.1) is 0 Å². The van der Waals surface area contributed by atoms with E-state index in [0.717, 1.165) is 6.07 Å². The van der Waals surface area contributed by atoms with E-state index in [1.165, 1.54) is 6.20 Å². The molecule has 2 aromatic rings. The van der Waals surface area contributed by atoms with Crippen molar-refractivity contribution in [1.29, 1.82) is 0 Å². The van der Waals surface area contributed by atoms with Crippen molar-refractivity contribution in [2.24, 2.45) is 5.92 Å². The molecule has 2 N–H and O–H groups in total. The average molecular weight is 436 g/mol. The SMILES string of the molecule is CC(C)COc1c[nH]c(CNC(=O)c2cc(C(F)(F)F)cc(C(F)(F)F)c2)cc1=O. The summed E-state index contributed by atoms with van der Waals surface area (Å²) in [5.41, 5.74) is -4.30. The van der Waals surface area contributed by atoms with Crippen LogP contribution in [0.4, 0.5) is 26.3 Å². The Labute approximate surface area is 167 Å². The summed E-state index contributed by atoms with van der Waals surface area (Å²) in [5.74, 6) is -0.934. The number of carbonyl (C=O) groups is 1. The Kier molecular flexibility index (Phi) is 6.84. The standard InChI is InChI=1S/C19H18F6N2O3/c1-10(2)9-30-16-8-26-14(6-15(16)28)7-27-17(29)11-3-12(18(20,21)22)5-13(4-11)19(23,24)25/h3-6,8,10H,7,9H2,1-2H3,(H,26,28)(H,27,29). The van der Waals surface area contributed by atoms with Crippen molar-refractivity contribution in [2.45, 2.75) is 32.7 Å². The van der Waals surface area contributed by atoms with Crippen molar-refractivity contribution in [3.63, 3.8) is 0 Å². The highest BCUT2D eigenvalue weighted by atomic mass is 19.4. The second-order valence-electron chi connectivity index (χ2n) is 6.87. The minimum Gasteiger partial charge on any atom is -0.488 e.